The normalized spacial score (nSPS) is 12.8. The van der Waals surface area contributed by atoms with Crippen LogP contribution in [0.5, 0.6) is 0 Å². The fourth-order valence-corrected chi connectivity index (χ4v) is 0.316. The average Bonchev–Trinajstić information content (AvgIpc) is 1.67. The predicted octanol–water partition coefficient (Wildman–Crippen LogP) is 1.55. The molecule has 1 radical (unpaired) electrons. The smallest absolute Gasteiger partial charge is 0.0173 e. The van der Waals surface area contributed by atoms with Gasteiger partial charge in [0, 0.05) is 5.54 Å². The molecule has 0 aliphatic rings. The lowest BCUT2D eigenvalue weighted by atomic mass is 10.0. The van der Waals surface area contributed by atoms with Crippen LogP contribution < -0.4 is 0 Å². The molecular formula is C7H16N. The van der Waals surface area contributed by atoms with Gasteiger partial charge >= 0.3 is 0 Å². The molecule has 0 aromatic heterocycles. The van der Waals surface area contributed by atoms with Crippen molar-refractivity contribution in [3.05, 3.63) is 6.92 Å². The second-order valence-electron chi connectivity index (χ2n) is 2.74. The minimum Gasteiger partial charge on any atom is -0.304 e. The van der Waals surface area contributed by atoms with Crippen molar-refractivity contribution in [2.24, 2.45) is 0 Å². The zero-order chi connectivity index (χ0) is 6.78. The summed E-state index contributed by atoms with van der Waals surface area (Å²) < 4.78 is 0. The topological polar surface area (TPSA) is 3.24 Å². The van der Waals surface area contributed by atoms with E-state index in [1.54, 1.807) is 0 Å². The maximum atomic E-state index is 4.01. The van der Waals surface area contributed by atoms with Gasteiger partial charge in [-0.3, -0.25) is 0 Å². The molecule has 0 N–H and O–H groups in total. The molecule has 0 rings (SSSR count). The third-order valence-electron chi connectivity index (χ3n) is 1.84. The van der Waals surface area contributed by atoms with Gasteiger partial charge in [0.2, 0.25) is 0 Å². The maximum absolute atomic E-state index is 4.01. The van der Waals surface area contributed by atoms with Gasteiger partial charge in [-0.05, 0) is 34.4 Å². The summed E-state index contributed by atoms with van der Waals surface area (Å²) >= 11 is 0. The van der Waals surface area contributed by atoms with Crippen LogP contribution in [0.2, 0.25) is 0 Å². The lowest BCUT2D eigenvalue weighted by Crippen LogP contribution is -2.37. The van der Waals surface area contributed by atoms with E-state index in [9.17, 15) is 0 Å². The first-order chi connectivity index (χ1) is 3.50. The summed E-state index contributed by atoms with van der Waals surface area (Å²) in [6.07, 6.45) is 1.10. The molecule has 1 unspecified atom stereocenters. The van der Waals surface area contributed by atoms with Crippen LogP contribution in [0.3, 0.4) is 0 Å². The van der Waals surface area contributed by atoms with Crippen LogP contribution in [0.25, 0.3) is 0 Å². The highest BCUT2D eigenvalue weighted by molar-refractivity contribution is 4.82. The van der Waals surface area contributed by atoms with Gasteiger partial charge in [0.1, 0.15) is 0 Å². The van der Waals surface area contributed by atoms with Crippen molar-refractivity contribution in [3.63, 3.8) is 0 Å². The summed E-state index contributed by atoms with van der Waals surface area (Å²) in [5.41, 5.74) is 0.125. The van der Waals surface area contributed by atoms with E-state index >= 15 is 0 Å². The molecule has 0 aliphatic carbocycles. The van der Waals surface area contributed by atoms with Crippen LogP contribution in [-0.2, 0) is 0 Å². The molecule has 0 spiro atoms. The van der Waals surface area contributed by atoms with Gasteiger partial charge in [-0.15, -0.1) is 0 Å². The molecule has 0 amide bonds. The zero-order valence-electron chi connectivity index (χ0n) is 6.36. The number of hydrogen-bond donors (Lipinski definition) is 0. The van der Waals surface area contributed by atoms with E-state index in [-0.39, 0.29) is 5.54 Å². The van der Waals surface area contributed by atoms with Gasteiger partial charge in [0.25, 0.3) is 0 Å². The highest BCUT2D eigenvalue weighted by atomic mass is 15.1. The van der Waals surface area contributed by atoms with Crippen LogP contribution in [0.1, 0.15) is 20.3 Å². The molecule has 8 heavy (non-hydrogen) atoms. The first-order valence-electron chi connectivity index (χ1n) is 3.03. The molecule has 1 atom stereocenters. The third-order valence-corrected chi connectivity index (χ3v) is 1.84. The summed E-state index contributed by atoms with van der Waals surface area (Å²) in [6.45, 7) is 8.29. The fourth-order valence-electron chi connectivity index (χ4n) is 0.316. The Morgan fingerprint density at radius 3 is 1.88 bits per heavy atom. The van der Waals surface area contributed by atoms with Crippen molar-refractivity contribution < 1.29 is 0 Å². The van der Waals surface area contributed by atoms with Gasteiger partial charge in [-0.25, -0.2) is 0 Å². The Hall–Kier alpha value is -0.0400. The molecule has 0 aliphatic heterocycles. The first-order valence-corrected chi connectivity index (χ1v) is 3.03. The second-order valence-corrected chi connectivity index (χ2v) is 2.74. The van der Waals surface area contributed by atoms with E-state index in [0.717, 1.165) is 6.42 Å². The van der Waals surface area contributed by atoms with Crippen molar-refractivity contribution in [2.45, 2.75) is 25.8 Å². The number of rotatable bonds is 2. The summed E-state index contributed by atoms with van der Waals surface area (Å²) in [4.78, 5) is 2.13. The van der Waals surface area contributed by atoms with Crippen LogP contribution in [0, 0.1) is 6.92 Å². The van der Waals surface area contributed by atoms with Crippen molar-refractivity contribution in [3.8, 4) is 0 Å². The highest BCUT2D eigenvalue weighted by Gasteiger charge is 2.16. The van der Waals surface area contributed by atoms with Crippen LogP contribution >= 0.6 is 0 Å². The summed E-state index contributed by atoms with van der Waals surface area (Å²) in [5.74, 6) is 0. The van der Waals surface area contributed by atoms with E-state index in [4.69, 9.17) is 0 Å². The van der Waals surface area contributed by atoms with Crippen molar-refractivity contribution in [2.75, 3.05) is 14.1 Å². The molecule has 0 aromatic rings. The van der Waals surface area contributed by atoms with E-state index < -0.39 is 0 Å². The maximum Gasteiger partial charge on any atom is 0.0173 e. The van der Waals surface area contributed by atoms with Crippen LogP contribution in [0.15, 0.2) is 0 Å². The van der Waals surface area contributed by atoms with Gasteiger partial charge in [0.15, 0.2) is 0 Å². The molecular weight excluding hydrogens is 98.1 g/mol. The molecule has 0 bridgehead atoms. The van der Waals surface area contributed by atoms with Gasteiger partial charge in [-0.2, -0.15) is 0 Å². The Balaban J connectivity index is 3.71. The summed E-state index contributed by atoms with van der Waals surface area (Å²) in [6, 6.07) is 0. The molecule has 0 fully saturated rings. The molecule has 49 valence electrons. The fraction of sp³-hybridized carbons (Fsp3) is 0.857. The summed E-state index contributed by atoms with van der Waals surface area (Å²) in [7, 11) is 4.10. The van der Waals surface area contributed by atoms with E-state index in [1.165, 1.54) is 0 Å². The van der Waals surface area contributed by atoms with E-state index in [2.05, 4.69) is 39.8 Å². The summed E-state index contributed by atoms with van der Waals surface area (Å²) in [5, 5.41) is 0. The van der Waals surface area contributed by atoms with E-state index in [0.29, 0.717) is 0 Å². The van der Waals surface area contributed by atoms with Crippen molar-refractivity contribution in [1.29, 1.82) is 0 Å². The molecule has 0 heterocycles. The molecule has 0 saturated heterocycles. The third kappa shape index (κ3) is 1.83. The average molecular weight is 114 g/mol. The van der Waals surface area contributed by atoms with Gasteiger partial charge in [-0.1, -0.05) is 6.92 Å². The van der Waals surface area contributed by atoms with Gasteiger partial charge < -0.3 is 4.90 Å². The SMILES string of the molecule is [CH2]C(C)(CC)N(C)C. The molecule has 1 heteroatoms. The quantitative estimate of drug-likeness (QED) is 0.526. The van der Waals surface area contributed by atoms with Crippen molar-refractivity contribution >= 4 is 0 Å². The second kappa shape index (κ2) is 2.49. The van der Waals surface area contributed by atoms with Crippen LogP contribution in [-0.4, -0.2) is 24.5 Å². The Morgan fingerprint density at radius 1 is 1.50 bits per heavy atom. The first kappa shape index (κ1) is 7.96. The lowest BCUT2D eigenvalue weighted by molar-refractivity contribution is 0.220. The largest absolute Gasteiger partial charge is 0.304 e. The Labute approximate surface area is 52.7 Å². The zero-order valence-corrected chi connectivity index (χ0v) is 6.36. The Morgan fingerprint density at radius 2 is 1.88 bits per heavy atom. The standard InChI is InChI=1S/C7H16N/c1-6-7(2,3)8(4)5/h2,6H2,1,3-5H3. The lowest BCUT2D eigenvalue weighted by Gasteiger charge is -2.30. The van der Waals surface area contributed by atoms with Crippen molar-refractivity contribution in [1.82, 2.24) is 4.90 Å². The van der Waals surface area contributed by atoms with Gasteiger partial charge in [0.05, 0.1) is 0 Å². The minimum absolute atomic E-state index is 0.125. The minimum atomic E-state index is 0.125. The Bertz CT molecular complexity index is 64.8. The Kier molecular flexibility index (Phi) is 2.48. The number of hydrogen-bond acceptors (Lipinski definition) is 1. The predicted molar refractivity (Wildman–Crippen MR) is 37.7 cm³/mol. The molecule has 0 saturated carbocycles. The highest BCUT2D eigenvalue weighted by Crippen LogP contribution is 2.12. The number of nitrogens with zero attached hydrogens (tertiary/aromatic N) is 1. The van der Waals surface area contributed by atoms with Crippen LogP contribution in [0.4, 0.5) is 0 Å². The van der Waals surface area contributed by atoms with E-state index in [1.807, 2.05) is 0 Å². The molecule has 1 nitrogen and oxygen atoms in total. The monoisotopic (exact) mass is 114 g/mol. The molecule has 0 aromatic carbocycles.